The molecule has 3 unspecified atom stereocenters. The second-order valence-electron chi connectivity index (χ2n) is 4.72. The number of piperidine rings is 1. The molecule has 0 aromatic carbocycles. The average molecular weight is 226 g/mol. The molecular weight excluding hydrogens is 208 g/mol. The second kappa shape index (κ2) is 4.41. The molecule has 1 amide bonds. The molecule has 2 saturated heterocycles. The standard InChI is InChI=1S/C11H18N2O3/c12-8-5-1-3-7-4-2-6-9(11(15)16)13(7)10(8)14/h7-9H,1-6,12H2,(H,15,16). The summed E-state index contributed by atoms with van der Waals surface area (Å²) in [4.78, 5) is 24.7. The third-order valence-electron chi connectivity index (χ3n) is 3.65. The Morgan fingerprint density at radius 1 is 1.25 bits per heavy atom. The van der Waals surface area contributed by atoms with Crippen molar-refractivity contribution in [1.82, 2.24) is 4.90 Å². The highest BCUT2D eigenvalue weighted by atomic mass is 16.4. The van der Waals surface area contributed by atoms with Crippen LogP contribution >= 0.6 is 0 Å². The van der Waals surface area contributed by atoms with Gasteiger partial charge in [0.1, 0.15) is 6.04 Å². The van der Waals surface area contributed by atoms with Crippen molar-refractivity contribution in [2.75, 3.05) is 0 Å². The van der Waals surface area contributed by atoms with Crippen LogP contribution in [0, 0.1) is 0 Å². The van der Waals surface area contributed by atoms with Crippen LogP contribution < -0.4 is 5.73 Å². The maximum absolute atomic E-state index is 12.0. The first-order valence-corrected chi connectivity index (χ1v) is 5.92. The van der Waals surface area contributed by atoms with Crippen LogP contribution in [0.5, 0.6) is 0 Å². The van der Waals surface area contributed by atoms with E-state index in [-0.39, 0.29) is 11.9 Å². The van der Waals surface area contributed by atoms with E-state index in [9.17, 15) is 9.59 Å². The first kappa shape index (κ1) is 11.4. The fraction of sp³-hybridized carbons (Fsp3) is 0.818. The molecular formula is C11H18N2O3. The highest BCUT2D eigenvalue weighted by Crippen LogP contribution is 2.29. The quantitative estimate of drug-likeness (QED) is 0.675. The average Bonchev–Trinajstić information content (AvgIpc) is 2.40. The van der Waals surface area contributed by atoms with Crippen LogP contribution in [0.1, 0.15) is 38.5 Å². The molecule has 16 heavy (non-hydrogen) atoms. The van der Waals surface area contributed by atoms with Gasteiger partial charge in [-0.1, -0.05) is 0 Å². The third-order valence-corrected chi connectivity index (χ3v) is 3.65. The van der Waals surface area contributed by atoms with Crippen molar-refractivity contribution in [2.45, 2.75) is 56.7 Å². The lowest BCUT2D eigenvalue weighted by molar-refractivity contribution is -0.155. The van der Waals surface area contributed by atoms with E-state index in [1.807, 2.05) is 0 Å². The molecule has 0 spiro atoms. The molecule has 2 fully saturated rings. The fourth-order valence-corrected chi connectivity index (χ4v) is 2.83. The second-order valence-corrected chi connectivity index (χ2v) is 4.72. The molecule has 2 heterocycles. The van der Waals surface area contributed by atoms with E-state index >= 15 is 0 Å². The van der Waals surface area contributed by atoms with Crippen molar-refractivity contribution in [3.05, 3.63) is 0 Å². The lowest BCUT2D eigenvalue weighted by Gasteiger charge is -2.39. The molecule has 90 valence electrons. The maximum atomic E-state index is 12.0. The van der Waals surface area contributed by atoms with Gasteiger partial charge < -0.3 is 15.7 Å². The van der Waals surface area contributed by atoms with Crippen molar-refractivity contribution < 1.29 is 14.7 Å². The molecule has 0 aliphatic carbocycles. The number of carboxylic acids is 1. The molecule has 2 aliphatic heterocycles. The SMILES string of the molecule is NC1CCCC2CCCC(C(=O)O)N2C1=O. The predicted octanol–water partition coefficient (Wildman–Crippen LogP) is 0.332. The van der Waals surface area contributed by atoms with Crippen molar-refractivity contribution >= 4 is 11.9 Å². The van der Waals surface area contributed by atoms with Gasteiger partial charge in [-0.3, -0.25) is 4.79 Å². The van der Waals surface area contributed by atoms with Gasteiger partial charge in [-0.25, -0.2) is 4.79 Å². The minimum absolute atomic E-state index is 0.0934. The molecule has 0 saturated carbocycles. The van der Waals surface area contributed by atoms with E-state index in [4.69, 9.17) is 10.8 Å². The number of fused-ring (bicyclic) bond motifs is 1. The number of nitrogens with zero attached hydrogens (tertiary/aromatic N) is 1. The Labute approximate surface area is 94.6 Å². The molecule has 2 aliphatic rings. The minimum Gasteiger partial charge on any atom is -0.480 e. The summed E-state index contributed by atoms with van der Waals surface area (Å²) in [5.41, 5.74) is 5.76. The lowest BCUT2D eigenvalue weighted by atomic mass is 9.93. The monoisotopic (exact) mass is 226 g/mol. The number of nitrogens with two attached hydrogens (primary N) is 1. The van der Waals surface area contributed by atoms with Crippen molar-refractivity contribution in [2.24, 2.45) is 5.73 Å². The smallest absolute Gasteiger partial charge is 0.326 e. The summed E-state index contributed by atoms with van der Waals surface area (Å²) in [5.74, 6) is -1.07. The topological polar surface area (TPSA) is 83.6 Å². The number of hydrogen-bond donors (Lipinski definition) is 2. The Kier molecular flexibility index (Phi) is 3.14. The van der Waals surface area contributed by atoms with E-state index in [0.29, 0.717) is 12.8 Å². The largest absolute Gasteiger partial charge is 0.480 e. The Morgan fingerprint density at radius 3 is 2.50 bits per heavy atom. The summed E-state index contributed by atoms with van der Waals surface area (Å²) >= 11 is 0. The number of carbonyl (C=O) groups is 2. The van der Waals surface area contributed by atoms with Gasteiger partial charge >= 0.3 is 5.97 Å². The van der Waals surface area contributed by atoms with Crippen LogP contribution in [-0.2, 0) is 9.59 Å². The number of amides is 1. The highest BCUT2D eigenvalue weighted by molar-refractivity contribution is 5.87. The fourth-order valence-electron chi connectivity index (χ4n) is 2.83. The van der Waals surface area contributed by atoms with Crippen LogP contribution in [0.3, 0.4) is 0 Å². The predicted molar refractivity (Wildman–Crippen MR) is 57.7 cm³/mol. The molecule has 0 aromatic heterocycles. The summed E-state index contributed by atoms with van der Waals surface area (Å²) in [5, 5.41) is 9.14. The van der Waals surface area contributed by atoms with Gasteiger partial charge in [0.2, 0.25) is 5.91 Å². The van der Waals surface area contributed by atoms with Crippen molar-refractivity contribution in [3.63, 3.8) is 0 Å². The Balaban J connectivity index is 2.25. The summed E-state index contributed by atoms with van der Waals surface area (Å²) in [6, 6.07) is -1.07. The molecule has 5 heteroatoms. The van der Waals surface area contributed by atoms with Gasteiger partial charge in [-0.15, -0.1) is 0 Å². The van der Waals surface area contributed by atoms with Gasteiger partial charge in [0.15, 0.2) is 0 Å². The molecule has 0 bridgehead atoms. The van der Waals surface area contributed by atoms with Crippen LogP contribution in [0.25, 0.3) is 0 Å². The molecule has 0 radical (unpaired) electrons. The molecule has 2 rings (SSSR count). The van der Waals surface area contributed by atoms with Crippen molar-refractivity contribution in [3.8, 4) is 0 Å². The van der Waals surface area contributed by atoms with E-state index in [2.05, 4.69) is 0 Å². The summed E-state index contributed by atoms with van der Waals surface area (Å²) in [6.07, 6.45) is 4.86. The highest BCUT2D eigenvalue weighted by Gasteiger charge is 2.41. The lowest BCUT2D eigenvalue weighted by Crippen LogP contribution is -2.56. The Morgan fingerprint density at radius 2 is 1.88 bits per heavy atom. The van der Waals surface area contributed by atoms with Gasteiger partial charge in [0.05, 0.1) is 6.04 Å². The summed E-state index contributed by atoms with van der Waals surface area (Å²) in [6.45, 7) is 0. The summed E-state index contributed by atoms with van der Waals surface area (Å²) in [7, 11) is 0. The molecule has 3 N–H and O–H groups in total. The van der Waals surface area contributed by atoms with Crippen molar-refractivity contribution in [1.29, 1.82) is 0 Å². The number of carbonyl (C=O) groups excluding carboxylic acids is 1. The van der Waals surface area contributed by atoms with Gasteiger partial charge in [-0.05, 0) is 38.5 Å². The molecule has 3 atom stereocenters. The van der Waals surface area contributed by atoms with Gasteiger partial charge in [0.25, 0.3) is 0 Å². The van der Waals surface area contributed by atoms with Crippen LogP contribution in [0.2, 0.25) is 0 Å². The van der Waals surface area contributed by atoms with E-state index in [1.54, 1.807) is 4.90 Å². The zero-order chi connectivity index (χ0) is 11.7. The summed E-state index contributed by atoms with van der Waals surface area (Å²) < 4.78 is 0. The Bertz CT molecular complexity index is 306. The number of carboxylic acid groups (broad SMARTS) is 1. The van der Waals surface area contributed by atoms with E-state index < -0.39 is 18.1 Å². The van der Waals surface area contributed by atoms with E-state index in [1.165, 1.54) is 0 Å². The van der Waals surface area contributed by atoms with E-state index in [0.717, 1.165) is 25.7 Å². The number of rotatable bonds is 1. The molecule has 5 nitrogen and oxygen atoms in total. The molecule has 0 aromatic rings. The number of aliphatic carboxylic acids is 1. The zero-order valence-corrected chi connectivity index (χ0v) is 9.26. The Hall–Kier alpha value is -1.10. The van der Waals surface area contributed by atoms with Crippen LogP contribution in [-0.4, -0.2) is 40.0 Å². The van der Waals surface area contributed by atoms with Gasteiger partial charge in [-0.2, -0.15) is 0 Å². The minimum atomic E-state index is -0.896. The van der Waals surface area contributed by atoms with Gasteiger partial charge in [0, 0.05) is 6.04 Å². The first-order valence-electron chi connectivity index (χ1n) is 5.92. The van der Waals surface area contributed by atoms with Crippen LogP contribution in [0.15, 0.2) is 0 Å². The van der Waals surface area contributed by atoms with Crippen LogP contribution in [0.4, 0.5) is 0 Å². The zero-order valence-electron chi connectivity index (χ0n) is 9.26. The normalized spacial score (nSPS) is 35.4. The first-order chi connectivity index (χ1) is 7.61. The maximum Gasteiger partial charge on any atom is 0.326 e. The third kappa shape index (κ3) is 1.91. The number of hydrogen-bond acceptors (Lipinski definition) is 3.